The Kier molecular flexibility index (Phi) is 7.06. The minimum absolute atomic E-state index is 0.318. The third-order valence-corrected chi connectivity index (χ3v) is 8.46. The molecular weight excluding hydrogens is 562 g/mol. The zero-order valence-corrected chi connectivity index (χ0v) is 25.0. The van der Waals surface area contributed by atoms with Crippen molar-refractivity contribution < 1.29 is 0 Å². The van der Waals surface area contributed by atoms with Gasteiger partial charge in [-0.2, -0.15) is 0 Å². The smallest absolute Gasteiger partial charge is 0.160 e. The van der Waals surface area contributed by atoms with Crippen molar-refractivity contribution in [2.75, 3.05) is 0 Å². The molecule has 5 nitrogen and oxygen atoms in total. The van der Waals surface area contributed by atoms with Crippen LogP contribution in [0.3, 0.4) is 0 Å². The zero-order valence-electron chi connectivity index (χ0n) is 25.0. The quantitative estimate of drug-likeness (QED) is 0.209. The van der Waals surface area contributed by atoms with Gasteiger partial charge in [0.25, 0.3) is 0 Å². The van der Waals surface area contributed by atoms with E-state index in [1.807, 2.05) is 67.0 Å². The van der Waals surface area contributed by atoms with Crippen LogP contribution in [0.4, 0.5) is 0 Å². The minimum atomic E-state index is -0.318. The van der Waals surface area contributed by atoms with Gasteiger partial charge >= 0.3 is 0 Å². The fourth-order valence-corrected chi connectivity index (χ4v) is 6.13. The molecule has 0 radical (unpaired) electrons. The number of fused-ring (bicyclic) bond motifs is 1. The van der Waals surface area contributed by atoms with E-state index in [0.29, 0.717) is 5.82 Å². The predicted molar refractivity (Wildman–Crippen MR) is 187 cm³/mol. The van der Waals surface area contributed by atoms with Gasteiger partial charge < -0.3 is 5.73 Å². The number of nitrogens with zero attached hydrogens (tertiary/aromatic N) is 4. The van der Waals surface area contributed by atoms with Crippen molar-refractivity contribution in [2.24, 2.45) is 5.73 Å². The summed E-state index contributed by atoms with van der Waals surface area (Å²) in [6.07, 6.45) is 9.61. The zero-order chi connectivity index (χ0) is 30.9. The van der Waals surface area contributed by atoms with Crippen molar-refractivity contribution >= 4 is 22.0 Å². The van der Waals surface area contributed by atoms with E-state index >= 15 is 0 Å². The van der Waals surface area contributed by atoms with Crippen LogP contribution in [-0.2, 0) is 0 Å². The number of hydrogen-bond donors (Lipinski definition) is 1. The molecule has 3 aromatic heterocycles. The Bertz CT molecular complexity index is 2240. The first-order valence-corrected chi connectivity index (χ1v) is 15.3. The number of benzene rings is 4. The lowest BCUT2D eigenvalue weighted by atomic mass is 9.92. The van der Waals surface area contributed by atoms with Gasteiger partial charge in [-0.15, -0.1) is 0 Å². The van der Waals surface area contributed by atoms with Crippen molar-refractivity contribution in [3.8, 4) is 44.9 Å². The van der Waals surface area contributed by atoms with Crippen molar-refractivity contribution in [3.63, 3.8) is 0 Å². The summed E-state index contributed by atoms with van der Waals surface area (Å²) in [6, 6.07) is 43.3. The summed E-state index contributed by atoms with van der Waals surface area (Å²) in [7, 11) is 0. The van der Waals surface area contributed by atoms with Gasteiger partial charge in [-0.1, -0.05) is 84.9 Å². The van der Waals surface area contributed by atoms with Crippen LogP contribution < -0.4 is 5.73 Å². The van der Waals surface area contributed by atoms with Gasteiger partial charge in [-0.05, 0) is 93.6 Å². The lowest BCUT2D eigenvalue weighted by Gasteiger charge is -2.17. The Labute approximate surface area is 267 Å². The van der Waals surface area contributed by atoms with Gasteiger partial charge in [-0.3, -0.25) is 9.97 Å². The Morgan fingerprint density at radius 1 is 0.478 bits per heavy atom. The van der Waals surface area contributed by atoms with E-state index in [9.17, 15) is 0 Å². The van der Waals surface area contributed by atoms with E-state index in [4.69, 9.17) is 15.7 Å². The van der Waals surface area contributed by atoms with Gasteiger partial charge in [0, 0.05) is 35.1 Å². The minimum Gasteiger partial charge on any atom is -0.320 e. The summed E-state index contributed by atoms with van der Waals surface area (Å²) in [4.78, 5) is 19.2. The van der Waals surface area contributed by atoms with Crippen LogP contribution in [0.1, 0.15) is 11.3 Å². The molecule has 4 aromatic carbocycles. The number of nitrogens with two attached hydrogens (primary N) is 1. The first kappa shape index (κ1) is 27.5. The monoisotopic (exact) mass is 591 g/mol. The Morgan fingerprint density at radius 3 is 1.91 bits per heavy atom. The molecule has 0 spiro atoms. The van der Waals surface area contributed by atoms with E-state index in [0.717, 1.165) is 72.4 Å². The Hall–Kier alpha value is -6.04. The van der Waals surface area contributed by atoms with Crippen molar-refractivity contribution in [3.05, 3.63) is 169 Å². The molecule has 1 aliphatic rings. The molecule has 0 bridgehead atoms. The van der Waals surface area contributed by atoms with Gasteiger partial charge in [0.2, 0.25) is 0 Å². The molecule has 3 heterocycles. The molecular formula is C41H29N5. The molecule has 0 fully saturated rings. The number of aromatic nitrogens is 4. The van der Waals surface area contributed by atoms with Gasteiger partial charge in [0.15, 0.2) is 5.82 Å². The molecule has 0 saturated carbocycles. The average molecular weight is 592 g/mol. The third-order valence-electron chi connectivity index (χ3n) is 8.46. The SMILES string of the molecule is N[C@@H]1C(c2cc(-c3ccncc3)cc(-c3nc(-c4ccccc4)c4ccc(-c5ccccc5)cc4n3)c2)=CC=C1c1ccccn1. The summed E-state index contributed by atoms with van der Waals surface area (Å²) in [5.41, 5.74) is 18.9. The molecule has 46 heavy (non-hydrogen) atoms. The second-order valence-electron chi connectivity index (χ2n) is 11.3. The molecule has 2 N–H and O–H groups in total. The summed E-state index contributed by atoms with van der Waals surface area (Å²) >= 11 is 0. The maximum atomic E-state index is 6.89. The lowest BCUT2D eigenvalue weighted by Crippen LogP contribution is -2.21. The standard InChI is InChI=1S/C41H29N5/c42-39-34(16-17-35(39)37-13-7-8-20-44-37)32-23-31(28-18-21-43-22-19-28)24-33(25-32)41-45-38-26-30(27-9-3-1-4-10-27)14-15-36(38)40(46-41)29-11-5-2-6-12-29/h1-26,39H,42H2/t39-/m1/s1. The largest absolute Gasteiger partial charge is 0.320 e. The van der Waals surface area contributed by atoms with Crippen molar-refractivity contribution in [1.29, 1.82) is 0 Å². The first-order valence-electron chi connectivity index (χ1n) is 15.3. The molecule has 0 amide bonds. The molecule has 218 valence electrons. The number of rotatable bonds is 6. The van der Waals surface area contributed by atoms with E-state index < -0.39 is 0 Å². The maximum absolute atomic E-state index is 6.89. The second kappa shape index (κ2) is 11.8. The maximum Gasteiger partial charge on any atom is 0.160 e. The van der Waals surface area contributed by atoms with Crippen molar-refractivity contribution in [1.82, 2.24) is 19.9 Å². The van der Waals surface area contributed by atoms with Gasteiger partial charge in [0.1, 0.15) is 0 Å². The molecule has 0 aliphatic heterocycles. The first-order chi connectivity index (χ1) is 22.7. The Morgan fingerprint density at radius 2 is 1.15 bits per heavy atom. The van der Waals surface area contributed by atoms with Gasteiger partial charge in [-0.25, -0.2) is 9.97 Å². The molecule has 5 heteroatoms. The fourth-order valence-electron chi connectivity index (χ4n) is 6.13. The highest BCUT2D eigenvalue weighted by atomic mass is 14.9. The third kappa shape index (κ3) is 5.19. The summed E-state index contributed by atoms with van der Waals surface area (Å²) in [5.74, 6) is 0.652. The summed E-state index contributed by atoms with van der Waals surface area (Å²) in [5, 5.41) is 1.00. The molecule has 1 atom stereocenters. The van der Waals surface area contributed by atoms with E-state index in [1.54, 1.807) is 6.20 Å². The van der Waals surface area contributed by atoms with E-state index in [-0.39, 0.29) is 6.04 Å². The van der Waals surface area contributed by atoms with Crippen LogP contribution in [0.2, 0.25) is 0 Å². The normalized spacial score (nSPS) is 14.2. The predicted octanol–water partition coefficient (Wildman–Crippen LogP) is 8.90. The highest BCUT2D eigenvalue weighted by molar-refractivity contribution is 5.97. The molecule has 0 saturated heterocycles. The molecule has 7 aromatic rings. The number of allylic oxidation sites excluding steroid dienone is 2. The van der Waals surface area contributed by atoms with Crippen LogP contribution >= 0.6 is 0 Å². The number of hydrogen-bond acceptors (Lipinski definition) is 5. The van der Waals surface area contributed by atoms with Crippen LogP contribution in [0, 0.1) is 0 Å². The summed E-state index contributed by atoms with van der Waals surface area (Å²) < 4.78 is 0. The van der Waals surface area contributed by atoms with E-state index in [2.05, 4.69) is 94.9 Å². The number of pyridine rings is 2. The van der Waals surface area contributed by atoms with E-state index in [1.165, 1.54) is 0 Å². The molecule has 0 unspecified atom stereocenters. The fraction of sp³-hybridized carbons (Fsp3) is 0.0244. The topological polar surface area (TPSA) is 77.6 Å². The lowest BCUT2D eigenvalue weighted by molar-refractivity contribution is 1.06. The molecule has 8 rings (SSSR count). The van der Waals surface area contributed by atoms with Crippen LogP contribution in [0.5, 0.6) is 0 Å². The highest BCUT2D eigenvalue weighted by Crippen LogP contribution is 2.38. The Balaban J connectivity index is 1.31. The second-order valence-corrected chi connectivity index (χ2v) is 11.3. The average Bonchev–Trinajstić information content (AvgIpc) is 3.53. The highest BCUT2D eigenvalue weighted by Gasteiger charge is 2.24. The summed E-state index contributed by atoms with van der Waals surface area (Å²) in [6.45, 7) is 0. The van der Waals surface area contributed by atoms with Crippen LogP contribution in [-0.4, -0.2) is 26.0 Å². The van der Waals surface area contributed by atoms with Gasteiger partial charge in [0.05, 0.1) is 22.9 Å². The molecule has 1 aliphatic carbocycles. The van der Waals surface area contributed by atoms with Crippen LogP contribution in [0.25, 0.3) is 66.9 Å². The van der Waals surface area contributed by atoms with Crippen LogP contribution in [0.15, 0.2) is 158 Å². The van der Waals surface area contributed by atoms with Crippen molar-refractivity contribution in [2.45, 2.75) is 6.04 Å².